The lowest BCUT2D eigenvalue weighted by Crippen LogP contribution is -2.51. The molecule has 0 radical (unpaired) electrons. The van der Waals surface area contributed by atoms with E-state index in [1.165, 1.54) is 24.8 Å². The average molecular weight is 260 g/mol. The maximum Gasteiger partial charge on any atom is 0.251 e. The highest BCUT2D eigenvalue weighted by Crippen LogP contribution is 2.25. The summed E-state index contributed by atoms with van der Waals surface area (Å²) in [6.07, 6.45) is 5.65. The van der Waals surface area contributed by atoms with Gasteiger partial charge in [-0.1, -0.05) is 25.3 Å². The number of rotatable bonds is 3. The van der Waals surface area contributed by atoms with Crippen molar-refractivity contribution >= 4 is 5.91 Å². The molecule has 0 saturated heterocycles. The number of aryl methyl sites for hydroxylation is 2. The standard InChI is InChI=1S/C16H24N2O/c1-12-6-7-14(10-13(12)2)15(19)18-11-16(17)8-4-3-5-9-16/h6-7,10H,3-5,8-9,11,17H2,1-2H3,(H,18,19). The lowest BCUT2D eigenvalue weighted by Gasteiger charge is -2.33. The number of hydrogen-bond acceptors (Lipinski definition) is 2. The van der Waals surface area contributed by atoms with Gasteiger partial charge in [-0.2, -0.15) is 0 Å². The van der Waals surface area contributed by atoms with Crippen molar-refractivity contribution in [3.8, 4) is 0 Å². The minimum atomic E-state index is -0.201. The topological polar surface area (TPSA) is 55.1 Å². The third-order valence-electron chi connectivity index (χ3n) is 4.22. The normalized spacial score (nSPS) is 18.1. The second kappa shape index (κ2) is 5.74. The number of benzene rings is 1. The molecule has 0 aliphatic heterocycles. The Balaban J connectivity index is 1.95. The molecule has 0 bridgehead atoms. The first kappa shape index (κ1) is 14.1. The van der Waals surface area contributed by atoms with Crippen molar-refractivity contribution in [2.45, 2.75) is 51.5 Å². The van der Waals surface area contributed by atoms with Gasteiger partial charge in [0.05, 0.1) is 0 Å². The molecule has 1 aliphatic carbocycles. The molecule has 2 rings (SSSR count). The molecule has 0 spiro atoms. The summed E-state index contributed by atoms with van der Waals surface area (Å²) < 4.78 is 0. The van der Waals surface area contributed by atoms with Crippen molar-refractivity contribution in [1.29, 1.82) is 0 Å². The van der Waals surface area contributed by atoms with Crippen molar-refractivity contribution < 1.29 is 4.79 Å². The number of carbonyl (C=O) groups is 1. The van der Waals surface area contributed by atoms with E-state index in [4.69, 9.17) is 5.73 Å². The van der Waals surface area contributed by atoms with E-state index in [1.807, 2.05) is 32.0 Å². The van der Waals surface area contributed by atoms with Gasteiger partial charge in [0.2, 0.25) is 0 Å². The second-order valence-corrected chi connectivity index (χ2v) is 5.90. The van der Waals surface area contributed by atoms with Gasteiger partial charge < -0.3 is 11.1 Å². The summed E-state index contributed by atoms with van der Waals surface area (Å²) in [5.74, 6) is -0.0153. The number of nitrogens with two attached hydrogens (primary N) is 1. The lowest BCUT2D eigenvalue weighted by molar-refractivity contribution is 0.0937. The summed E-state index contributed by atoms with van der Waals surface area (Å²) >= 11 is 0. The van der Waals surface area contributed by atoms with Crippen LogP contribution in [0.2, 0.25) is 0 Å². The molecule has 0 heterocycles. The van der Waals surface area contributed by atoms with Crippen LogP contribution in [0.15, 0.2) is 18.2 Å². The summed E-state index contributed by atoms with van der Waals surface area (Å²) in [4.78, 5) is 12.1. The van der Waals surface area contributed by atoms with Gasteiger partial charge in [0.15, 0.2) is 0 Å². The van der Waals surface area contributed by atoms with Gasteiger partial charge in [-0.25, -0.2) is 0 Å². The van der Waals surface area contributed by atoms with Gasteiger partial charge in [0.25, 0.3) is 5.91 Å². The molecule has 1 saturated carbocycles. The Labute approximate surface area is 115 Å². The fraction of sp³-hybridized carbons (Fsp3) is 0.562. The van der Waals surface area contributed by atoms with E-state index < -0.39 is 0 Å². The zero-order chi connectivity index (χ0) is 13.9. The van der Waals surface area contributed by atoms with Crippen LogP contribution in [-0.4, -0.2) is 18.0 Å². The SMILES string of the molecule is Cc1ccc(C(=O)NCC2(N)CCCCC2)cc1C. The Morgan fingerprint density at radius 3 is 2.53 bits per heavy atom. The summed E-state index contributed by atoms with van der Waals surface area (Å²) in [6.45, 7) is 4.66. The smallest absolute Gasteiger partial charge is 0.251 e. The summed E-state index contributed by atoms with van der Waals surface area (Å²) in [6, 6.07) is 5.81. The predicted molar refractivity (Wildman–Crippen MR) is 78.3 cm³/mol. The number of carbonyl (C=O) groups excluding carboxylic acids is 1. The van der Waals surface area contributed by atoms with Gasteiger partial charge in [0, 0.05) is 17.6 Å². The molecule has 1 aromatic rings. The van der Waals surface area contributed by atoms with Gasteiger partial charge in [0.1, 0.15) is 0 Å². The number of hydrogen-bond donors (Lipinski definition) is 2. The van der Waals surface area contributed by atoms with Crippen LogP contribution < -0.4 is 11.1 Å². The Morgan fingerprint density at radius 2 is 1.89 bits per heavy atom. The molecule has 3 nitrogen and oxygen atoms in total. The number of amides is 1. The molecule has 1 aromatic carbocycles. The fourth-order valence-electron chi connectivity index (χ4n) is 2.67. The van der Waals surface area contributed by atoms with Crippen molar-refractivity contribution in [1.82, 2.24) is 5.32 Å². The van der Waals surface area contributed by atoms with E-state index >= 15 is 0 Å². The lowest BCUT2D eigenvalue weighted by atomic mass is 9.82. The van der Waals surface area contributed by atoms with Gasteiger partial charge >= 0.3 is 0 Å². The molecule has 0 atom stereocenters. The average Bonchev–Trinajstić information content (AvgIpc) is 2.40. The van der Waals surface area contributed by atoms with Crippen molar-refractivity contribution in [2.24, 2.45) is 5.73 Å². The van der Waals surface area contributed by atoms with Gasteiger partial charge in [-0.3, -0.25) is 4.79 Å². The molecule has 0 unspecified atom stereocenters. The molecule has 1 fully saturated rings. The van der Waals surface area contributed by atoms with E-state index in [0.29, 0.717) is 6.54 Å². The maximum atomic E-state index is 12.1. The first-order chi connectivity index (χ1) is 9.00. The minimum absolute atomic E-state index is 0.0153. The molecule has 1 amide bonds. The summed E-state index contributed by atoms with van der Waals surface area (Å²) in [7, 11) is 0. The molecular weight excluding hydrogens is 236 g/mol. The quantitative estimate of drug-likeness (QED) is 0.878. The first-order valence-electron chi connectivity index (χ1n) is 7.15. The van der Waals surface area contributed by atoms with Crippen LogP contribution in [0.5, 0.6) is 0 Å². The minimum Gasteiger partial charge on any atom is -0.350 e. The Bertz CT molecular complexity index is 462. The summed E-state index contributed by atoms with van der Waals surface area (Å²) in [5, 5.41) is 2.99. The van der Waals surface area contributed by atoms with Gasteiger partial charge in [-0.05, 0) is 49.9 Å². The maximum absolute atomic E-state index is 12.1. The highest BCUT2D eigenvalue weighted by molar-refractivity contribution is 5.94. The largest absolute Gasteiger partial charge is 0.350 e. The van der Waals surface area contributed by atoms with Crippen molar-refractivity contribution in [3.05, 3.63) is 34.9 Å². The van der Waals surface area contributed by atoms with E-state index in [9.17, 15) is 4.79 Å². The second-order valence-electron chi connectivity index (χ2n) is 5.90. The fourth-order valence-corrected chi connectivity index (χ4v) is 2.67. The molecule has 19 heavy (non-hydrogen) atoms. The van der Waals surface area contributed by atoms with Crippen LogP contribution in [0, 0.1) is 13.8 Å². The van der Waals surface area contributed by atoms with E-state index in [-0.39, 0.29) is 11.4 Å². The molecular formula is C16H24N2O. The molecule has 104 valence electrons. The van der Waals surface area contributed by atoms with E-state index in [1.54, 1.807) is 0 Å². The van der Waals surface area contributed by atoms with Crippen LogP contribution in [0.3, 0.4) is 0 Å². The van der Waals surface area contributed by atoms with E-state index in [2.05, 4.69) is 5.32 Å². The molecule has 0 aromatic heterocycles. The zero-order valence-electron chi connectivity index (χ0n) is 12.0. The first-order valence-corrected chi connectivity index (χ1v) is 7.15. The van der Waals surface area contributed by atoms with Crippen LogP contribution in [0.1, 0.15) is 53.6 Å². The molecule has 1 aliphatic rings. The molecule has 3 N–H and O–H groups in total. The van der Waals surface area contributed by atoms with Crippen LogP contribution >= 0.6 is 0 Å². The Hall–Kier alpha value is -1.35. The highest BCUT2D eigenvalue weighted by atomic mass is 16.1. The van der Waals surface area contributed by atoms with Crippen LogP contribution in [0.25, 0.3) is 0 Å². The summed E-state index contributed by atoms with van der Waals surface area (Å²) in [5.41, 5.74) is 9.20. The van der Waals surface area contributed by atoms with Crippen LogP contribution in [-0.2, 0) is 0 Å². The monoisotopic (exact) mass is 260 g/mol. The van der Waals surface area contributed by atoms with E-state index in [0.717, 1.165) is 24.0 Å². The Morgan fingerprint density at radius 1 is 1.21 bits per heavy atom. The van der Waals surface area contributed by atoms with Crippen LogP contribution in [0.4, 0.5) is 0 Å². The third-order valence-corrected chi connectivity index (χ3v) is 4.22. The van der Waals surface area contributed by atoms with Crippen molar-refractivity contribution in [2.75, 3.05) is 6.54 Å². The van der Waals surface area contributed by atoms with Gasteiger partial charge in [-0.15, -0.1) is 0 Å². The highest BCUT2D eigenvalue weighted by Gasteiger charge is 2.27. The Kier molecular flexibility index (Phi) is 4.25. The molecule has 3 heteroatoms. The van der Waals surface area contributed by atoms with Crippen molar-refractivity contribution in [3.63, 3.8) is 0 Å². The number of nitrogens with one attached hydrogen (secondary N) is 1. The zero-order valence-corrected chi connectivity index (χ0v) is 12.0. The third kappa shape index (κ3) is 3.57. The predicted octanol–water partition coefficient (Wildman–Crippen LogP) is 2.69.